The Bertz CT molecular complexity index is 253. The molecule has 0 unspecified atom stereocenters. The molecule has 0 aromatic carbocycles. The molecule has 0 aliphatic carbocycles. The first-order valence-corrected chi connectivity index (χ1v) is 5.90. The van der Waals surface area contributed by atoms with Crippen LogP contribution >= 0.6 is 0 Å². The first-order chi connectivity index (χ1) is 7.45. The van der Waals surface area contributed by atoms with Crippen molar-refractivity contribution in [2.75, 3.05) is 26.2 Å². The fourth-order valence-corrected chi connectivity index (χ4v) is 2.06. The van der Waals surface area contributed by atoms with E-state index in [1.54, 1.807) is 6.26 Å². The summed E-state index contributed by atoms with van der Waals surface area (Å²) in [6.45, 7) is 5.78. The van der Waals surface area contributed by atoms with Crippen LogP contribution in [0.25, 0.3) is 0 Å². The van der Waals surface area contributed by atoms with Crippen molar-refractivity contribution in [2.24, 2.45) is 0 Å². The summed E-state index contributed by atoms with van der Waals surface area (Å²) < 4.78 is 5.24. The van der Waals surface area contributed by atoms with E-state index < -0.39 is 0 Å². The average Bonchev–Trinajstić information content (AvgIpc) is 2.88. The lowest BCUT2D eigenvalue weighted by Crippen LogP contribution is -2.24. The molecule has 0 amide bonds. The molecule has 2 heterocycles. The van der Waals surface area contributed by atoms with Gasteiger partial charge in [0.1, 0.15) is 5.76 Å². The molecule has 0 spiro atoms. The number of nitrogens with zero attached hydrogens (tertiary/aromatic N) is 1. The summed E-state index contributed by atoms with van der Waals surface area (Å²) in [5.41, 5.74) is 0. The topological polar surface area (TPSA) is 28.4 Å². The third-order valence-corrected chi connectivity index (χ3v) is 2.91. The van der Waals surface area contributed by atoms with Gasteiger partial charge in [0, 0.05) is 0 Å². The summed E-state index contributed by atoms with van der Waals surface area (Å²) in [4.78, 5) is 2.55. The van der Waals surface area contributed by atoms with Crippen LogP contribution < -0.4 is 5.32 Å². The number of hydrogen-bond donors (Lipinski definition) is 1. The van der Waals surface area contributed by atoms with Crippen LogP contribution in [0, 0.1) is 0 Å². The number of nitrogens with one attached hydrogen (secondary N) is 1. The van der Waals surface area contributed by atoms with Gasteiger partial charge in [-0.15, -0.1) is 0 Å². The molecule has 0 bridgehead atoms. The Morgan fingerprint density at radius 2 is 2.20 bits per heavy atom. The predicted octanol–water partition coefficient (Wildman–Crippen LogP) is 1.86. The van der Waals surface area contributed by atoms with Crippen LogP contribution in [0.2, 0.25) is 0 Å². The third kappa shape index (κ3) is 3.68. The second-order valence-electron chi connectivity index (χ2n) is 4.16. The van der Waals surface area contributed by atoms with Crippen molar-refractivity contribution in [2.45, 2.75) is 25.8 Å². The Kier molecular flexibility index (Phi) is 4.23. The molecular formula is C12H20N2O. The van der Waals surface area contributed by atoms with Crippen molar-refractivity contribution < 1.29 is 4.42 Å². The standard InChI is InChI=1S/C12H20N2O/c1-2-8-14(7-1)9-4-6-13-11-12-5-3-10-15-12/h3,5,10,13H,1-2,4,6-9,11H2. The summed E-state index contributed by atoms with van der Waals surface area (Å²) in [6, 6.07) is 3.94. The van der Waals surface area contributed by atoms with E-state index in [1.165, 1.54) is 38.9 Å². The minimum atomic E-state index is 0.854. The maximum absolute atomic E-state index is 5.24. The van der Waals surface area contributed by atoms with E-state index in [1.807, 2.05) is 12.1 Å². The van der Waals surface area contributed by atoms with Gasteiger partial charge in [-0.2, -0.15) is 0 Å². The first kappa shape index (κ1) is 10.7. The first-order valence-electron chi connectivity index (χ1n) is 5.90. The highest BCUT2D eigenvalue weighted by Gasteiger charge is 2.09. The maximum atomic E-state index is 5.24. The SMILES string of the molecule is c1coc(CNCCCN2CCCC2)c1. The van der Waals surface area contributed by atoms with Crippen molar-refractivity contribution in [3.63, 3.8) is 0 Å². The Hall–Kier alpha value is -0.800. The number of furan rings is 1. The third-order valence-electron chi connectivity index (χ3n) is 2.91. The molecule has 1 fully saturated rings. The van der Waals surface area contributed by atoms with Crippen LogP contribution in [-0.4, -0.2) is 31.1 Å². The Morgan fingerprint density at radius 1 is 1.33 bits per heavy atom. The second kappa shape index (κ2) is 5.93. The molecule has 0 atom stereocenters. The molecule has 1 aromatic heterocycles. The zero-order chi connectivity index (χ0) is 10.3. The fourth-order valence-electron chi connectivity index (χ4n) is 2.06. The Morgan fingerprint density at radius 3 is 2.93 bits per heavy atom. The lowest BCUT2D eigenvalue weighted by Gasteiger charge is -2.13. The average molecular weight is 208 g/mol. The van der Waals surface area contributed by atoms with E-state index in [-0.39, 0.29) is 0 Å². The van der Waals surface area contributed by atoms with Gasteiger partial charge in [0.25, 0.3) is 0 Å². The molecule has 3 nitrogen and oxygen atoms in total. The summed E-state index contributed by atoms with van der Waals surface area (Å²) in [6.07, 6.45) is 5.74. The van der Waals surface area contributed by atoms with Crippen molar-refractivity contribution in [3.8, 4) is 0 Å². The van der Waals surface area contributed by atoms with E-state index in [4.69, 9.17) is 4.42 Å². The van der Waals surface area contributed by atoms with Crippen LogP contribution in [0.1, 0.15) is 25.0 Å². The quantitative estimate of drug-likeness (QED) is 0.723. The highest BCUT2D eigenvalue weighted by Crippen LogP contribution is 2.07. The van der Waals surface area contributed by atoms with Crippen LogP contribution in [0.3, 0.4) is 0 Å². The maximum Gasteiger partial charge on any atom is 0.117 e. The molecule has 0 saturated carbocycles. The fraction of sp³-hybridized carbons (Fsp3) is 0.667. The Labute approximate surface area is 91.4 Å². The van der Waals surface area contributed by atoms with Crippen LogP contribution in [0.15, 0.2) is 22.8 Å². The molecule has 0 radical (unpaired) electrons. The van der Waals surface area contributed by atoms with Gasteiger partial charge in [0.05, 0.1) is 12.8 Å². The number of likely N-dealkylation sites (tertiary alicyclic amines) is 1. The molecule has 15 heavy (non-hydrogen) atoms. The Balaban J connectivity index is 1.48. The molecular weight excluding hydrogens is 188 g/mol. The summed E-state index contributed by atoms with van der Waals surface area (Å²) in [5.74, 6) is 1.02. The van der Waals surface area contributed by atoms with Gasteiger partial charge in [-0.1, -0.05) is 0 Å². The summed E-state index contributed by atoms with van der Waals surface area (Å²) in [7, 11) is 0. The van der Waals surface area contributed by atoms with Gasteiger partial charge in [-0.3, -0.25) is 0 Å². The van der Waals surface area contributed by atoms with Gasteiger partial charge >= 0.3 is 0 Å². The van der Waals surface area contributed by atoms with Crippen LogP contribution in [0.5, 0.6) is 0 Å². The molecule has 2 rings (SSSR count). The lowest BCUT2D eigenvalue weighted by atomic mass is 10.3. The minimum Gasteiger partial charge on any atom is -0.468 e. The molecule has 1 aliphatic heterocycles. The van der Waals surface area contributed by atoms with Crippen molar-refractivity contribution >= 4 is 0 Å². The number of hydrogen-bond acceptors (Lipinski definition) is 3. The highest BCUT2D eigenvalue weighted by atomic mass is 16.3. The van der Waals surface area contributed by atoms with Gasteiger partial charge < -0.3 is 14.6 Å². The van der Waals surface area contributed by atoms with Crippen LogP contribution in [-0.2, 0) is 6.54 Å². The van der Waals surface area contributed by atoms with Crippen molar-refractivity contribution in [1.82, 2.24) is 10.2 Å². The van der Waals surface area contributed by atoms with E-state index in [0.717, 1.165) is 18.8 Å². The van der Waals surface area contributed by atoms with E-state index in [2.05, 4.69) is 10.2 Å². The molecule has 1 N–H and O–H groups in total. The van der Waals surface area contributed by atoms with Gasteiger partial charge in [-0.05, 0) is 57.6 Å². The molecule has 1 aromatic rings. The number of rotatable bonds is 6. The lowest BCUT2D eigenvalue weighted by molar-refractivity contribution is 0.330. The van der Waals surface area contributed by atoms with Crippen molar-refractivity contribution in [1.29, 1.82) is 0 Å². The van der Waals surface area contributed by atoms with Crippen LogP contribution in [0.4, 0.5) is 0 Å². The van der Waals surface area contributed by atoms with E-state index in [0.29, 0.717) is 0 Å². The van der Waals surface area contributed by atoms with Gasteiger partial charge in [0.15, 0.2) is 0 Å². The monoisotopic (exact) mass is 208 g/mol. The molecule has 1 saturated heterocycles. The second-order valence-corrected chi connectivity index (χ2v) is 4.16. The minimum absolute atomic E-state index is 0.854. The van der Waals surface area contributed by atoms with Gasteiger partial charge in [0.2, 0.25) is 0 Å². The molecule has 3 heteroatoms. The molecule has 84 valence electrons. The predicted molar refractivity (Wildman–Crippen MR) is 60.7 cm³/mol. The summed E-state index contributed by atoms with van der Waals surface area (Å²) in [5, 5.41) is 3.39. The largest absolute Gasteiger partial charge is 0.468 e. The smallest absolute Gasteiger partial charge is 0.117 e. The normalized spacial score (nSPS) is 17.3. The summed E-state index contributed by atoms with van der Waals surface area (Å²) >= 11 is 0. The van der Waals surface area contributed by atoms with E-state index >= 15 is 0 Å². The highest BCUT2D eigenvalue weighted by molar-refractivity contribution is 4.97. The van der Waals surface area contributed by atoms with Gasteiger partial charge in [-0.25, -0.2) is 0 Å². The van der Waals surface area contributed by atoms with E-state index in [9.17, 15) is 0 Å². The molecule has 1 aliphatic rings. The van der Waals surface area contributed by atoms with Crippen molar-refractivity contribution in [3.05, 3.63) is 24.2 Å². The zero-order valence-electron chi connectivity index (χ0n) is 9.24. The zero-order valence-corrected chi connectivity index (χ0v) is 9.24.